The summed E-state index contributed by atoms with van der Waals surface area (Å²) in [6.45, 7) is 3.43. The molecule has 0 spiro atoms. The molecular weight excluding hydrogens is 584 g/mol. The van der Waals surface area contributed by atoms with Crippen molar-refractivity contribution >= 4 is 79.0 Å². The number of esters is 1. The second-order valence-electron chi connectivity index (χ2n) is 6.80. The number of rotatable bonds is 6. The molecule has 0 atom stereocenters. The van der Waals surface area contributed by atoms with Crippen LogP contribution in [0.15, 0.2) is 44.9 Å². The normalized spacial score (nSPS) is 15.0. The number of carbonyl (C=O) groups is 4. The van der Waals surface area contributed by atoms with Crippen molar-refractivity contribution in [1.82, 2.24) is 5.32 Å². The van der Waals surface area contributed by atoms with Crippen molar-refractivity contribution in [2.24, 2.45) is 0 Å². The van der Waals surface area contributed by atoms with E-state index in [1.54, 1.807) is 38.1 Å². The Morgan fingerprint density at radius 2 is 1.82 bits per heavy atom. The van der Waals surface area contributed by atoms with Gasteiger partial charge in [-0.1, -0.05) is 17.7 Å². The number of benzene rings is 2. The molecule has 1 heterocycles. The Morgan fingerprint density at radius 1 is 1.15 bits per heavy atom. The first-order valence-corrected chi connectivity index (χ1v) is 11.5. The highest BCUT2D eigenvalue weighted by Crippen LogP contribution is 2.36. The van der Waals surface area contributed by atoms with Gasteiger partial charge in [0.2, 0.25) is 0 Å². The fourth-order valence-corrected chi connectivity index (χ4v) is 4.54. The first kappa shape index (κ1) is 24.9. The van der Waals surface area contributed by atoms with E-state index in [0.29, 0.717) is 25.3 Å². The van der Waals surface area contributed by atoms with Gasteiger partial charge in [-0.15, -0.1) is 0 Å². The lowest BCUT2D eigenvalue weighted by Crippen LogP contribution is -2.54. The third-order valence-electron chi connectivity index (χ3n) is 4.49. The second-order valence-corrected chi connectivity index (χ2v) is 8.91. The number of ether oxygens (including phenoxy) is 2. The van der Waals surface area contributed by atoms with Gasteiger partial charge in [0.25, 0.3) is 11.8 Å². The molecule has 1 aliphatic rings. The summed E-state index contributed by atoms with van der Waals surface area (Å²) in [5, 5.41) is 2.54. The van der Waals surface area contributed by atoms with E-state index < -0.39 is 23.8 Å². The van der Waals surface area contributed by atoms with Crippen molar-refractivity contribution < 1.29 is 28.7 Å². The van der Waals surface area contributed by atoms with Crippen molar-refractivity contribution in [3.63, 3.8) is 0 Å². The van der Waals surface area contributed by atoms with Gasteiger partial charge in [0.15, 0.2) is 6.61 Å². The van der Waals surface area contributed by atoms with Gasteiger partial charge in [0.1, 0.15) is 11.3 Å². The maximum atomic E-state index is 13.1. The minimum Gasteiger partial charge on any atom is -0.480 e. The van der Waals surface area contributed by atoms with E-state index in [9.17, 15) is 19.2 Å². The molecule has 0 aliphatic carbocycles. The van der Waals surface area contributed by atoms with Crippen molar-refractivity contribution in [1.29, 1.82) is 0 Å². The molecule has 0 aromatic heterocycles. The fourth-order valence-electron chi connectivity index (χ4n) is 2.91. The molecule has 1 fully saturated rings. The number of nitrogens with zero attached hydrogens (tertiary/aromatic N) is 1. The van der Waals surface area contributed by atoms with Crippen molar-refractivity contribution in [3.05, 3.63) is 61.0 Å². The predicted molar refractivity (Wildman–Crippen MR) is 129 cm³/mol. The highest BCUT2D eigenvalue weighted by molar-refractivity contribution is 9.11. The third kappa shape index (κ3) is 5.63. The number of aryl methyl sites for hydroxylation is 1. The molecule has 2 aromatic carbocycles. The van der Waals surface area contributed by atoms with E-state index in [2.05, 4.69) is 37.2 Å². The molecule has 3 rings (SSSR count). The fraction of sp³-hybridized carbons (Fsp3) is 0.182. The van der Waals surface area contributed by atoms with E-state index >= 15 is 0 Å². The lowest BCUT2D eigenvalue weighted by atomic mass is 10.1. The van der Waals surface area contributed by atoms with Crippen LogP contribution < -0.4 is 15.0 Å². The van der Waals surface area contributed by atoms with Crippen LogP contribution in [-0.2, 0) is 19.1 Å². The highest BCUT2D eigenvalue weighted by Gasteiger charge is 2.37. The zero-order valence-electron chi connectivity index (χ0n) is 17.4. The molecule has 33 heavy (non-hydrogen) atoms. The molecule has 4 amide bonds. The molecule has 0 unspecified atom stereocenters. The number of carbonyl (C=O) groups excluding carboxylic acids is 4. The van der Waals surface area contributed by atoms with Gasteiger partial charge in [-0.3, -0.25) is 14.9 Å². The molecule has 0 bridgehead atoms. The Balaban J connectivity index is 1.91. The monoisotopic (exact) mass is 598 g/mol. The average Bonchev–Trinajstić information content (AvgIpc) is 2.73. The molecule has 0 saturated carbocycles. The van der Waals surface area contributed by atoms with E-state index in [-0.39, 0.29) is 24.5 Å². The van der Waals surface area contributed by atoms with Crippen molar-refractivity contribution in [2.45, 2.75) is 13.8 Å². The van der Waals surface area contributed by atoms with Crippen molar-refractivity contribution in [3.8, 4) is 5.75 Å². The summed E-state index contributed by atoms with van der Waals surface area (Å²) in [5.41, 5.74) is 1.23. The molecular formula is C22H17Br2ClN2O6. The molecule has 1 saturated heterocycles. The summed E-state index contributed by atoms with van der Waals surface area (Å²) in [6.07, 6.45) is 1.34. The number of imide groups is 2. The Hall–Kier alpha value is -2.69. The van der Waals surface area contributed by atoms with Gasteiger partial charge in [-0.2, -0.15) is 0 Å². The minimum absolute atomic E-state index is 0.233. The van der Waals surface area contributed by atoms with E-state index in [1.807, 2.05) is 0 Å². The average molecular weight is 601 g/mol. The van der Waals surface area contributed by atoms with Crippen LogP contribution in [0.5, 0.6) is 5.75 Å². The minimum atomic E-state index is -0.868. The summed E-state index contributed by atoms with van der Waals surface area (Å²) in [4.78, 5) is 50.2. The number of amides is 4. The Kier molecular flexibility index (Phi) is 7.93. The van der Waals surface area contributed by atoms with Crippen LogP contribution >= 0.6 is 43.5 Å². The molecule has 1 aliphatic heterocycles. The summed E-state index contributed by atoms with van der Waals surface area (Å²) in [6, 6.07) is 7.04. The first-order valence-electron chi connectivity index (χ1n) is 9.57. The van der Waals surface area contributed by atoms with E-state index in [0.717, 1.165) is 10.5 Å². The third-order valence-corrected chi connectivity index (χ3v) is 6.07. The number of urea groups is 1. The maximum absolute atomic E-state index is 13.1. The van der Waals surface area contributed by atoms with Crippen LogP contribution in [0.1, 0.15) is 18.1 Å². The van der Waals surface area contributed by atoms with Gasteiger partial charge < -0.3 is 9.47 Å². The Labute approximate surface area is 211 Å². The molecule has 8 nitrogen and oxygen atoms in total. The maximum Gasteiger partial charge on any atom is 0.344 e. The van der Waals surface area contributed by atoms with Crippen LogP contribution in [-0.4, -0.2) is 37.0 Å². The van der Waals surface area contributed by atoms with Gasteiger partial charge >= 0.3 is 12.0 Å². The zero-order chi connectivity index (χ0) is 24.3. The number of anilines is 1. The van der Waals surface area contributed by atoms with Crippen LogP contribution in [0, 0.1) is 6.92 Å². The zero-order valence-corrected chi connectivity index (χ0v) is 21.3. The van der Waals surface area contributed by atoms with Crippen molar-refractivity contribution in [2.75, 3.05) is 18.1 Å². The van der Waals surface area contributed by atoms with Gasteiger partial charge in [-0.25, -0.2) is 14.5 Å². The summed E-state index contributed by atoms with van der Waals surface area (Å²) >= 11 is 12.8. The molecule has 1 N–H and O–H groups in total. The molecule has 2 aromatic rings. The van der Waals surface area contributed by atoms with Gasteiger partial charge in [0, 0.05) is 5.02 Å². The van der Waals surface area contributed by atoms with Gasteiger partial charge in [-0.05, 0) is 87.2 Å². The van der Waals surface area contributed by atoms with Crippen LogP contribution in [0.4, 0.5) is 10.5 Å². The summed E-state index contributed by atoms with van der Waals surface area (Å²) in [7, 11) is 0. The topological polar surface area (TPSA) is 102 Å². The lowest BCUT2D eigenvalue weighted by molar-refractivity contribution is -0.145. The summed E-state index contributed by atoms with van der Waals surface area (Å²) < 4.78 is 11.2. The van der Waals surface area contributed by atoms with Crippen LogP contribution in [0.3, 0.4) is 0 Å². The highest BCUT2D eigenvalue weighted by atomic mass is 79.9. The smallest absolute Gasteiger partial charge is 0.344 e. The number of hydrogen-bond donors (Lipinski definition) is 1. The molecule has 0 radical (unpaired) electrons. The predicted octanol–water partition coefficient (Wildman–Crippen LogP) is 4.78. The van der Waals surface area contributed by atoms with E-state index in [1.165, 1.54) is 12.1 Å². The number of nitrogens with one attached hydrogen (secondary N) is 1. The molecule has 172 valence electrons. The summed E-state index contributed by atoms with van der Waals surface area (Å²) in [5.74, 6) is -1.79. The lowest BCUT2D eigenvalue weighted by Gasteiger charge is -2.26. The van der Waals surface area contributed by atoms with Gasteiger partial charge in [0.05, 0.1) is 21.2 Å². The van der Waals surface area contributed by atoms with E-state index in [4.69, 9.17) is 21.1 Å². The number of halogens is 3. The van der Waals surface area contributed by atoms with Crippen LogP contribution in [0.25, 0.3) is 6.08 Å². The first-order chi connectivity index (χ1) is 15.6. The largest absolute Gasteiger partial charge is 0.480 e. The molecule has 11 heteroatoms. The Morgan fingerprint density at radius 3 is 2.42 bits per heavy atom. The number of barbiturate groups is 1. The van der Waals surface area contributed by atoms with Crippen LogP contribution in [0.2, 0.25) is 5.02 Å². The quantitative estimate of drug-likeness (QED) is 0.291. The Bertz CT molecular complexity index is 1170. The standard InChI is InChI=1S/C22H17Br2ClN2O6/c1-3-32-18(28)10-33-19-15(23)7-12(8-16(19)24)6-14-20(29)26-22(31)27(21(14)30)13-5-4-11(2)17(25)9-13/h4-9H,3,10H2,1-2H3,(H,26,29,31)/b14-6-. The second kappa shape index (κ2) is 10.5. The number of hydrogen-bond acceptors (Lipinski definition) is 6. The SMILES string of the molecule is CCOC(=O)COc1c(Br)cc(/C=C2/C(=O)NC(=O)N(c3ccc(C)c(Cl)c3)C2=O)cc1Br.